The average molecular weight is 333 g/mol. The molecule has 0 fully saturated rings. The number of hydrogen-bond donors (Lipinski definition) is 1. The Kier molecular flexibility index (Phi) is 8.88. The van der Waals surface area contributed by atoms with Crippen LogP contribution in [0.3, 0.4) is 0 Å². The molecule has 0 aliphatic heterocycles. The SMILES string of the molecule is CCCCCCCC(O)(O[Si](C)(C)C(C)(C)C)C(=O)OCC. The van der Waals surface area contributed by atoms with E-state index in [0.717, 1.165) is 19.3 Å². The number of aliphatic hydroxyl groups is 1. The van der Waals surface area contributed by atoms with E-state index in [2.05, 4.69) is 27.7 Å². The molecule has 0 aliphatic rings. The van der Waals surface area contributed by atoms with Crippen molar-refractivity contribution in [1.82, 2.24) is 0 Å². The molecule has 1 atom stereocenters. The van der Waals surface area contributed by atoms with Gasteiger partial charge in [0.2, 0.25) is 0 Å². The normalized spacial score (nSPS) is 15.5. The number of esters is 1. The molecule has 0 aromatic rings. The van der Waals surface area contributed by atoms with Crippen molar-refractivity contribution in [3.63, 3.8) is 0 Å². The maximum Gasteiger partial charge on any atom is 0.365 e. The highest BCUT2D eigenvalue weighted by Gasteiger charge is 2.48. The minimum Gasteiger partial charge on any atom is -0.462 e. The summed E-state index contributed by atoms with van der Waals surface area (Å²) in [5.41, 5.74) is 0. The smallest absolute Gasteiger partial charge is 0.365 e. The standard InChI is InChI=1S/C17H36O4Si/c1-8-10-11-12-13-14-17(19,15(18)20-9-2)21-22(6,7)16(3,4)5/h19H,8-14H2,1-7H3. The third-order valence-corrected chi connectivity index (χ3v) is 8.90. The van der Waals surface area contributed by atoms with Gasteiger partial charge in [0.1, 0.15) is 0 Å². The Bertz CT molecular complexity index is 336. The van der Waals surface area contributed by atoms with Crippen molar-refractivity contribution in [2.24, 2.45) is 0 Å². The summed E-state index contributed by atoms with van der Waals surface area (Å²) in [5.74, 6) is -2.44. The molecule has 0 rings (SSSR count). The zero-order valence-electron chi connectivity index (χ0n) is 15.6. The molecule has 0 amide bonds. The monoisotopic (exact) mass is 332 g/mol. The Hall–Kier alpha value is -0.393. The fraction of sp³-hybridized carbons (Fsp3) is 0.941. The fourth-order valence-electron chi connectivity index (χ4n) is 1.98. The van der Waals surface area contributed by atoms with Gasteiger partial charge in [0.25, 0.3) is 5.79 Å². The second-order valence-electron chi connectivity index (χ2n) is 7.53. The van der Waals surface area contributed by atoms with Crippen LogP contribution in [0.25, 0.3) is 0 Å². The Labute approximate surface area is 137 Å². The third-order valence-electron chi connectivity index (χ3n) is 4.44. The molecule has 0 saturated carbocycles. The maximum absolute atomic E-state index is 12.2. The van der Waals surface area contributed by atoms with Crippen molar-refractivity contribution in [2.75, 3.05) is 6.61 Å². The van der Waals surface area contributed by atoms with E-state index in [4.69, 9.17) is 9.16 Å². The van der Waals surface area contributed by atoms with Crippen molar-refractivity contribution in [1.29, 1.82) is 0 Å². The Morgan fingerprint density at radius 1 is 1.05 bits per heavy atom. The quantitative estimate of drug-likeness (QED) is 0.274. The van der Waals surface area contributed by atoms with Crippen molar-refractivity contribution in [3.05, 3.63) is 0 Å². The first-order chi connectivity index (χ1) is 10.00. The summed E-state index contributed by atoms with van der Waals surface area (Å²) < 4.78 is 11.1. The molecule has 0 aromatic heterocycles. The molecule has 0 bridgehead atoms. The van der Waals surface area contributed by atoms with Crippen molar-refractivity contribution >= 4 is 14.3 Å². The fourth-order valence-corrected chi connectivity index (χ4v) is 3.32. The van der Waals surface area contributed by atoms with Crippen LogP contribution in [0.5, 0.6) is 0 Å². The van der Waals surface area contributed by atoms with Crippen molar-refractivity contribution in [3.8, 4) is 0 Å². The summed E-state index contributed by atoms with van der Waals surface area (Å²) >= 11 is 0. The van der Waals surface area contributed by atoms with E-state index >= 15 is 0 Å². The lowest BCUT2D eigenvalue weighted by atomic mass is 10.1. The van der Waals surface area contributed by atoms with Crippen LogP contribution in [-0.2, 0) is 14.0 Å². The molecule has 0 aromatic carbocycles. The van der Waals surface area contributed by atoms with Crippen LogP contribution in [0.4, 0.5) is 0 Å². The molecule has 0 spiro atoms. The largest absolute Gasteiger partial charge is 0.462 e. The van der Waals surface area contributed by atoms with E-state index in [1.165, 1.54) is 12.8 Å². The molecule has 132 valence electrons. The molecule has 0 radical (unpaired) electrons. The molecule has 0 heterocycles. The zero-order chi connectivity index (χ0) is 17.4. The maximum atomic E-state index is 12.2. The van der Waals surface area contributed by atoms with Crippen LogP contribution in [0.2, 0.25) is 18.1 Å². The van der Waals surface area contributed by atoms with E-state index in [9.17, 15) is 9.90 Å². The summed E-state index contributed by atoms with van der Waals surface area (Å²) in [6.07, 6.45) is 5.54. The lowest BCUT2D eigenvalue weighted by Crippen LogP contribution is -2.54. The number of unbranched alkanes of at least 4 members (excludes halogenated alkanes) is 4. The molecule has 22 heavy (non-hydrogen) atoms. The van der Waals surface area contributed by atoms with E-state index in [1.54, 1.807) is 6.92 Å². The van der Waals surface area contributed by atoms with Gasteiger partial charge < -0.3 is 14.3 Å². The van der Waals surface area contributed by atoms with Gasteiger partial charge in [-0.15, -0.1) is 0 Å². The van der Waals surface area contributed by atoms with Crippen molar-refractivity contribution in [2.45, 2.75) is 97.1 Å². The van der Waals surface area contributed by atoms with Gasteiger partial charge in [0, 0.05) is 6.42 Å². The van der Waals surface area contributed by atoms with Gasteiger partial charge in [-0.05, 0) is 31.5 Å². The van der Waals surface area contributed by atoms with Gasteiger partial charge in [0.05, 0.1) is 6.61 Å². The highest BCUT2D eigenvalue weighted by molar-refractivity contribution is 6.74. The van der Waals surface area contributed by atoms with Gasteiger partial charge in [-0.3, -0.25) is 0 Å². The molecule has 5 heteroatoms. The number of carbonyl (C=O) groups excluding carboxylic acids is 1. The highest BCUT2D eigenvalue weighted by atomic mass is 28.4. The van der Waals surface area contributed by atoms with Crippen LogP contribution >= 0.6 is 0 Å². The predicted molar refractivity (Wildman–Crippen MR) is 93.2 cm³/mol. The number of rotatable bonds is 10. The topological polar surface area (TPSA) is 55.8 Å². The van der Waals surface area contributed by atoms with Gasteiger partial charge in [-0.2, -0.15) is 0 Å². The van der Waals surface area contributed by atoms with Crippen LogP contribution in [0.15, 0.2) is 0 Å². The summed E-state index contributed by atoms with van der Waals surface area (Å²) in [4.78, 5) is 12.2. The van der Waals surface area contributed by atoms with E-state index in [-0.39, 0.29) is 11.6 Å². The first-order valence-electron chi connectivity index (χ1n) is 8.60. The molecule has 1 N–H and O–H groups in total. The number of ether oxygens (including phenoxy) is 1. The first-order valence-corrected chi connectivity index (χ1v) is 11.5. The molecule has 4 nitrogen and oxygen atoms in total. The molecule has 0 saturated heterocycles. The van der Waals surface area contributed by atoms with E-state index < -0.39 is 20.1 Å². The van der Waals surface area contributed by atoms with Gasteiger partial charge in [0.15, 0.2) is 8.32 Å². The van der Waals surface area contributed by atoms with Crippen LogP contribution in [-0.4, -0.2) is 31.8 Å². The van der Waals surface area contributed by atoms with Crippen LogP contribution < -0.4 is 0 Å². The number of carbonyl (C=O) groups is 1. The second kappa shape index (κ2) is 9.04. The predicted octanol–water partition coefficient (Wildman–Crippen LogP) is 4.62. The zero-order valence-corrected chi connectivity index (χ0v) is 16.6. The molecular formula is C17H36O4Si. The first kappa shape index (κ1) is 21.6. The molecule has 0 aliphatic carbocycles. The minimum atomic E-state index is -2.26. The Morgan fingerprint density at radius 3 is 2.05 bits per heavy atom. The Balaban J connectivity index is 4.91. The lowest BCUT2D eigenvalue weighted by molar-refractivity contribution is -0.205. The minimum absolute atomic E-state index is 0.0737. The van der Waals surface area contributed by atoms with Gasteiger partial charge in [-0.1, -0.05) is 53.4 Å². The van der Waals surface area contributed by atoms with Crippen LogP contribution in [0.1, 0.15) is 73.1 Å². The van der Waals surface area contributed by atoms with E-state index in [0.29, 0.717) is 6.42 Å². The van der Waals surface area contributed by atoms with Gasteiger partial charge in [-0.25, -0.2) is 4.79 Å². The summed E-state index contributed by atoms with van der Waals surface area (Å²) in [6, 6.07) is 0. The van der Waals surface area contributed by atoms with E-state index in [1.807, 2.05) is 13.1 Å². The molecular weight excluding hydrogens is 296 g/mol. The third kappa shape index (κ3) is 6.80. The summed E-state index contributed by atoms with van der Waals surface area (Å²) in [6.45, 7) is 14.5. The van der Waals surface area contributed by atoms with Crippen molar-refractivity contribution < 1.29 is 19.1 Å². The summed E-state index contributed by atoms with van der Waals surface area (Å²) in [5, 5.41) is 10.7. The average Bonchev–Trinajstić information content (AvgIpc) is 2.37. The van der Waals surface area contributed by atoms with Crippen LogP contribution in [0, 0.1) is 0 Å². The van der Waals surface area contributed by atoms with Gasteiger partial charge >= 0.3 is 5.97 Å². The summed E-state index contributed by atoms with van der Waals surface area (Å²) in [7, 11) is -2.26. The highest BCUT2D eigenvalue weighted by Crippen LogP contribution is 2.40. The lowest BCUT2D eigenvalue weighted by Gasteiger charge is -2.41. The number of hydrogen-bond acceptors (Lipinski definition) is 4. The Morgan fingerprint density at radius 2 is 1.59 bits per heavy atom. The molecule has 1 unspecified atom stereocenters. The second-order valence-corrected chi connectivity index (χ2v) is 12.3.